The van der Waals surface area contributed by atoms with E-state index in [2.05, 4.69) is 75.4 Å². The van der Waals surface area contributed by atoms with Crippen molar-refractivity contribution < 1.29 is 77.2 Å². The number of carbonyl (C=O) groups excluding carboxylic acids is 10. The van der Waals surface area contributed by atoms with E-state index in [9.17, 15) is 67.7 Å². The van der Waals surface area contributed by atoms with Gasteiger partial charge < -0.3 is 84.0 Å². The Morgan fingerprint density at radius 3 is 1.69 bits per heavy atom. The van der Waals surface area contributed by atoms with E-state index in [0.29, 0.717) is 0 Å². The Morgan fingerprint density at radius 1 is 0.694 bits per heavy atom. The SMILES string of the molecule is COC(=O)C(CC(C)C)NC(=O)C(CC(=O)O)NC(=O)C(Cc1cnc[nH]1)NC(=O)C(CCCN=C(N)N)NC(=O)C(CC(=O)O)NC(=O)CNC(=O)CNC(=O)CNC(=O)C(CS)NC(=O)OC(C)(C)C. The lowest BCUT2D eigenvalue weighted by Gasteiger charge is -2.26. The van der Waals surface area contributed by atoms with E-state index >= 15 is 0 Å². The molecular formula is C41H66N14O16S. The molecule has 1 heterocycles. The molecule has 1 aromatic rings. The Morgan fingerprint density at radius 2 is 1.19 bits per heavy atom. The van der Waals surface area contributed by atoms with Crippen LogP contribution in [0.4, 0.5) is 4.79 Å². The predicted octanol–water partition coefficient (Wildman–Crippen LogP) is -5.23. The first kappa shape index (κ1) is 62.3. The van der Waals surface area contributed by atoms with E-state index < -0.39 is 146 Å². The lowest BCUT2D eigenvalue weighted by Crippen LogP contribution is -2.60. The van der Waals surface area contributed by atoms with Gasteiger partial charge in [-0.15, -0.1) is 0 Å². The van der Waals surface area contributed by atoms with Crippen molar-refractivity contribution in [3.8, 4) is 0 Å². The van der Waals surface area contributed by atoms with Gasteiger partial charge in [0.05, 0.1) is 45.9 Å². The number of nitrogens with zero attached hydrogens (tertiary/aromatic N) is 2. The van der Waals surface area contributed by atoms with Crippen LogP contribution >= 0.6 is 12.6 Å². The number of thiol groups is 1. The summed E-state index contributed by atoms with van der Waals surface area (Å²) in [4.78, 5) is 163. The van der Waals surface area contributed by atoms with Gasteiger partial charge in [-0.05, 0) is 46.0 Å². The number of esters is 1. The van der Waals surface area contributed by atoms with Crippen molar-refractivity contribution in [1.29, 1.82) is 0 Å². The number of carboxylic acids is 2. The van der Waals surface area contributed by atoms with Crippen molar-refractivity contribution in [1.82, 2.24) is 57.8 Å². The molecule has 6 unspecified atom stereocenters. The normalized spacial score (nSPS) is 13.4. The number of ether oxygens (including phenoxy) is 2. The van der Waals surface area contributed by atoms with Crippen LogP contribution in [0.3, 0.4) is 0 Å². The Balaban J connectivity index is 3.18. The number of methoxy groups -OCH3 is 1. The molecule has 0 saturated heterocycles. The number of carboxylic acid groups (broad SMARTS) is 2. The first-order chi connectivity index (χ1) is 33.6. The van der Waals surface area contributed by atoms with Gasteiger partial charge >= 0.3 is 24.0 Å². The van der Waals surface area contributed by atoms with Gasteiger partial charge in [0.2, 0.25) is 47.3 Å². The fourth-order valence-electron chi connectivity index (χ4n) is 5.95. The van der Waals surface area contributed by atoms with E-state index in [1.54, 1.807) is 34.6 Å². The smallest absolute Gasteiger partial charge is 0.408 e. The largest absolute Gasteiger partial charge is 0.481 e. The van der Waals surface area contributed by atoms with E-state index in [1.807, 2.05) is 0 Å². The van der Waals surface area contributed by atoms with Crippen molar-refractivity contribution in [2.75, 3.05) is 39.0 Å². The number of aromatic amines is 1. The highest BCUT2D eigenvalue weighted by Crippen LogP contribution is 2.10. The third-order valence-corrected chi connectivity index (χ3v) is 9.61. The first-order valence-electron chi connectivity index (χ1n) is 22.1. The van der Waals surface area contributed by atoms with Crippen molar-refractivity contribution >= 4 is 89.8 Å². The maximum atomic E-state index is 14.0. The van der Waals surface area contributed by atoms with Crippen LogP contribution in [-0.2, 0) is 68.6 Å². The summed E-state index contributed by atoms with van der Waals surface area (Å²) >= 11 is 4.01. The van der Waals surface area contributed by atoms with Gasteiger partial charge in [-0.25, -0.2) is 14.6 Å². The van der Waals surface area contributed by atoms with Crippen LogP contribution < -0.4 is 59.3 Å². The number of nitrogens with two attached hydrogens (primary N) is 2. The van der Waals surface area contributed by atoms with Crippen molar-refractivity contribution in [3.05, 3.63) is 18.2 Å². The zero-order valence-corrected chi connectivity index (χ0v) is 41.5. The Hall–Kier alpha value is -7.73. The molecule has 0 aliphatic heterocycles. The molecular weight excluding hydrogens is 977 g/mol. The molecule has 1 aromatic heterocycles. The fourth-order valence-corrected chi connectivity index (χ4v) is 6.20. The summed E-state index contributed by atoms with van der Waals surface area (Å²) < 4.78 is 9.84. The number of guanidine groups is 1. The van der Waals surface area contributed by atoms with Crippen LogP contribution in [0.1, 0.15) is 72.4 Å². The summed E-state index contributed by atoms with van der Waals surface area (Å²) in [6.07, 6.45) is -0.866. The summed E-state index contributed by atoms with van der Waals surface area (Å²) in [6.45, 7) is 6.08. The number of imidazole rings is 1. The highest BCUT2D eigenvalue weighted by Gasteiger charge is 2.35. The number of amides is 9. The summed E-state index contributed by atoms with van der Waals surface area (Å²) in [7, 11) is 1.09. The third-order valence-electron chi connectivity index (χ3n) is 9.25. The zero-order chi connectivity index (χ0) is 54.7. The lowest BCUT2D eigenvalue weighted by atomic mass is 10.0. The minimum atomic E-state index is -1.88. The number of hydrogen-bond donors (Lipinski definition) is 15. The maximum absolute atomic E-state index is 14.0. The number of hydrogen-bond acceptors (Lipinski definition) is 17. The average Bonchev–Trinajstić information content (AvgIpc) is 3.80. The fraction of sp³-hybridized carbons (Fsp3) is 0.610. The van der Waals surface area contributed by atoms with Gasteiger partial charge in [-0.3, -0.25) is 52.9 Å². The molecule has 9 amide bonds. The van der Waals surface area contributed by atoms with E-state index in [-0.39, 0.29) is 55.6 Å². The molecule has 72 heavy (non-hydrogen) atoms. The maximum Gasteiger partial charge on any atom is 0.408 e. The average molecular weight is 1040 g/mol. The van der Waals surface area contributed by atoms with Crippen molar-refractivity contribution in [2.24, 2.45) is 22.4 Å². The molecule has 0 saturated carbocycles. The minimum Gasteiger partial charge on any atom is -0.481 e. The van der Waals surface area contributed by atoms with Gasteiger partial charge in [0, 0.05) is 30.6 Å². The van der Waals surface area contributed by atoms with E-state index in [4.69, 9.17) is 20.9 Å². The number of alkyl carbamates (subject to hydrolysis) is 1. The summed E-state index contributed by atoms with van der Waals surface area (Å²) in [5.41, 5.74) is 10.2. The van der Waals surface area contributed by atoms with Crippen LogP contribution in [0.15, 0.2) is 17.5 Å². The number of nitrogens with one attached hydrogen (secondary N) is 10. The Bertz CT molecular complexity index is 2100. The molecule has 1 rings (SSSR count). The predicted molar refractivity (Wildman–Crippen MR) is 254 cm³/mol. The van der Waals surface area contributed by atoms with Crippen LogP contribution in [-0.4, -0.2) is 178 Å². The molecule has 6 atom stereocenters. The van der Waals surface area contributed by atoms with E-state index in [1.165, 1.54) is 12.5 Å². The Labute approximate surface area is 418 Å². The molecule has 402 valence electrons. The minimum absolute atomic E-state index is 0.00133. The van der Waals surface area contributed by atoms with Crippen LogP contribution in [0.5, 0.6) is 0 Å². The highest BCUT2D eigenvalue weighted by molar-refractivity contribution is 7.80. The van der Waals surface area contributed by atoms with E-state index in [0.717, 1.165) is 7.11 Å². The number of H-pyrrole nitrogens is 1. The molecule has 0 aromatic carbocycles. The Kier molecular flexibility index (Phi) is 27.2. The molecule has 0 aliphatic carbocycles. The lowest BCUT2D eigenvalue weighted by molar-refractivity contribution is -0.146. The standard InChI is InChI=1S/C41H66N14O16S/c1-20(2)10-26(38(68)70-6)54-37(67)25(13-32(61)62)53-35(65)23(11-21-14-44-19-49-21)52-34(64)22(8-7-9-45-39(42)43)51-36(66)24(12-31(59)60)50-30(58)17-47-28(56)15-46-29(57)16-48-33(63)27(18-72)55-40(69)71-41(3,4)5/h14,19-20,22-27,72H,7-13,15-18H2,1-6H3,(H,44,49)(H,46,57)(H,47,56)(H,48,63)(H,50,58)(H,51,66)(H,52,64)(H,53,65)(H,54,67)(H,55,69)(H,59,60)(H,61,62)(H4,42,43,45). The number of carbonyl (C=O) groups is 12. The van der Waals surface area contributed by atoms with Gasteiger partial charge in [-0.1, -0.05) is 13.8 Å². The third kappa shape index (κ3) is 26.3. The van der Waals surface area contributed by atoms with Gasteiger partial charge in [0.25, 0.3) is 0 Å². The second-order valence-electron chi connectivity index (χ2n) is 17.1. The monoisotopic (exact) mass is 1040 g/mol. The van der Waals surface area contributed by atoms with Gasteiger partial charge in [-0.2, -0.15) is 12.6 Å². The molecule has 0 fully saturated rings. The summed E-state index contributed by atoms with van der Waals surface area (Å²) in [5, 5.41) is 39.7. The summed E-state index contributed by atoms with van der Waals surface area (Å²) in [5.74, 6) is -12.6. The number of aliphatic carboxylic acids is 2. The number of aliphatic imine (C=N–C) groups is 1. The molecule has 0 aliphatic rings. The molecule has 16 N–H and O–H groups in total. The second-order valence-corrected chi connectivity index (χ2v) is 17.5. The second kappa shape index (κ2) is 31.5. The summed E-state index contributed by atoms with van der Waals surface area (Å²) in [6, 6.07) is -9.28. The quantitative estimate of drug-likeness (QED) is 0.0109. The highest BCUT2D eigenvalue weighted by atomic mass is 32.1. The first-order valence-corrected chi connectivity index (χ1v) is 22.7. The van der Waals surface area contributed by atoms with Crippen LogP contribution in [0, 0.1) is 5.92 Å². The van der Waals surface area contributed by atoms with Crippen molar-refractivity contribution in [2.45, 2.75) is 115 Å². The molecule has 0 bridgehead atoms. The molecule has 30 nitrogen and oxygen atoms in total. The zero-order valence-electron chi connectivity index (χ0n) is 40.6. The van der Waals surface area contributed by atoms with Gasteiger partial charge in [0.1, 0.15) is 41.9 Å². The number of aromatic nitrogens is 2. The van der Waals surface area contributed by atoms with Crippen LogP contribution in [0.2, 0.25) is 0 Å². The van der Waals surface area contributed by atoms with Gasteiger partial charge in [0.15, 0.2) is 5.96 Å². The number of rotatable bonds is 31. The molecule has 0 spiro atoms. The van der Waals surface area contributed by atoms with Crippen molar-refractivity contribution in [3.63, 3.8) is 0 Å². The molecule has 0 radical (unpaired) electrons. The molecule has 31 heteroatoms. The topological polar surface area (TPSA) is 465 Å². The van der Waals surface area contributed by atoms with Crippen LogP contribution in [0.25, 0.3) is 0 Å².